The molecule has 4 rings (SSSR count). The molecule has 0 aromatic heterocycles. The number of carbonyl (C=O) groups is 2. The first-order valence-electron chi connectivity index (χ1n) is 12.7. The molecule has 1 amide bonds. The number of phenolic OH excluding ortho intramolecular Hbond substituents is 1. The summed E-state index contributed by atoms with van der Waals surface area (Å²) < 4.78 is 17.3. The first-order chi connectivity index (χ1) is 19.2. The van der Waals surface area contributed by atoms with E-state index in [0.29, 0.717) is 40.2 Å². The maximum absolute atomic E-state index is 13.0. The van der Waals surface area contributed by atoms with Gasteiger partial charge in [-0.15, -0.1) is 11.8 Å². The maximum Gasteiger partial charge on any atom is 0.328 e. The van der Waals surface area contributed by atoms with Crippen molar-refractivity contribution in [3.8, 4) is 34.1 Å². The van der Waals surface area contributed by atoms with E-state index in [-0.39, 0.29) is 35.0 Å². The lowest BCUT2D eigenvalue weighted by atomic mass is 9.95. The first-order valence-corrected chi connectivity index (χ1v) is 13.9. The van der Waals surface area contributed by atoms with Crippen LogP contribution in [-0.4, -0.2) is 43.5 Å². The zero-order valence-corrected chi connectivity index (χ0v) is 23.6. The van der Waals surface area contributed by atoms with Crippen LogP contribution in [-0.2, 0) is 22.4 Å². The maximum atomic E-state index is 13.0. The monoisotopic (exact) mass is 564 g/mol. The molecule has 210 valence electrons. The topological polar surface area (TPSA) is 137 Å². The molecule has 0 bridgehead atoms. The second kappa shape index (κ2) is 12.4. The van der Waals surface area contributed by atoms with Gasteiger partial charge in [-0.25, -0.2) is 4.79 Å². The highest BCUT2D eigenvalue weighted by atomic mass is 32.2. The molecule has 10 heteroatoms. The largest absolute Gasteiger partial charge is 0.508 e. The minimum atomic E-state index is -0.969. The third-order valence-electron chi connectivity index (χ3n) is 6.78. The molecule has 0 saturated heterocycles. The lowest BCUT2D eigenvalue weighted by Crippen LogP contribution is -2.36. The van der Waals surface area contributed by atoms with E-state index < -0.39 is 18.1 Å². The minimum Gasteiger partial charge on any atom is -0.508 e. The molecule has 2 atom stereocenters. The quantitative estimate of drug-likeness (QED) is 0.212. The molecule has 3 aromatic carbocycles. The van der Waals surface area contributed by atoms with E-state index in [4.69, 9.17) is 19.9 Å². The number of nitrogens with one attached hydrogen (secondary N) is 1. The van der Waals surface area contributed by atoms with Gasteiger partial charge >= 0.3 is 5.97 Å². The lowest BCUT2D eigenvalue weighted by Gasteiger charge is -2.20. The summed E-state index contributed by atoms with van der Waals surface area (Å²) in [6, 6.07) is 11.9. The van der Waals surface area contributed by atoms with Crippen LogP contribution in [0, 0.1) is 0 Å². The second-order valence-corrected chi connectivity index (χ2v) is 10.3. The summed E-state index contributed by atoms with van der Waals surface area (Å²) >= 11 is 1.34. The zero-order valence-electron chi connectivity index (χ0n) is 22.8. The fourth-order valence-corrected chi connectivity index (χ4v) is 5.40. The van der Waals surface area contributed by atoms with Crippen LogP contribution in [0.4, 0.5) is 0 Å². The van der Waals surface area contributed by atoms with Gasteiger partial charge in [-0.3, -0.25) is 9.59 Å². The Labute approximate surface area is 236 Å². The number of amides is 1. The van der Waals surface area contributed by atoms with Crippen LogP contribution in [0.15, 0.2) is 58.2 Å². The number of methoxy groups -OCH3 is 2. The van der Waals surface area contributed by atoms with E-state index in [9.17, 15) is 19.5 Å². The summed E-state index contributed by atoms with van der Waals surface area (Å²) in [6.07, 6.45) is 3.03. The van der Waals surface area contributed by atoms with E-state index in [1.54, 1.807) is 30.3 Å². The number of aryl methyl sites for hydroxylation is 1. The number of phenols is 1. The Balaban J connectivity index is 1.81. The van der Waals surface area contributed by atoms with Crippen LogP contribution >= 0.6 is 11.8 Å². The number of hydrogen-bond acceptors (Lipinski definition) is 9. The van der Waals surface area contributed by atoms with Gasteiger partial charge in [-0.05, 0) is 78.1 Å². The number of fused-ring (bicyclic) bond motifs is 3. The fourth-order valence-electron chi connectivity index (χ4n) is 4.94. The van der Waals surface area contributed by atoms with Crippen molar-refractivity contribution in [3.05, 3.63) is 75.4 Å². The summed E-state index contributed by atoms with van der Waals surface area (Å²) in [5.74, 6) is -0.0660. The second-order valence-electron chi connectivity index (χ2n) is 9.44. The van der Waals surface area contributed by atoms with E-state index in [1.807, 2.05) is 12.3 Å². The molecule has 0 spiro atoms. The van der Waals surface area contributed by atoms with Crippen molar-refractivity contribution in [1.82, 2.24) is 5.32 Å². The molecule has 1 aliphatic rings. The Hall–Kier alpha value is -4.02. The number of rotatable bonds is 8. The van der Waals surface area contributed by atoms with Crippen LogP contribution < -0.4 is 30.7 Å². The summed E-state index contributed by atoms with van der Waals surface area (Å²) in [7, 11) is 2.94. The number of esters is 1. The molecule has 3 aromatic rings. The van der Waals surface area contributed by atoms with Gasteiger partial charge in [0.1, 0.15) is 11.8 Å². The highest BCUT2D eigenvalue weighted by Crippen LogP contribution is 2.50. The molecular weight excluding hydrogens is 532 g/mol. The fraction of sp³-hybridized carbons (Fsp3) is 0.300. The highest BCUT2D eigenvalue weighted by molar-refractivity contribution is 7.98. The van der Waals surface area contributed by atoms with Crippen molar-refractivity contribution in [2.45, 2.75) is 43.2 Å². The summed E-state index contributed by atoms with van der Waals surface area (Å²) in [4.78, 5) is 38.7. The van der Waals surface area contributed by atoms with Crippen molar-refractivity contribution in [2.75, 3.05) is 20.5 Å². The van der Waals surface area contributed by atoms with Gasteiger partial charge in [0.05, 0.1) is 25.2 Å². The van der Waals surface area contributed by atoms with Crippen LogP contribution in [0.5, 0.6) is 23.0 Å². The van der Waals surface area contributed by atoms with Gasteiger partial charge < -0.3 is 30.4 Å². The molecule has 4 N–H and O–H groups in total. The Morgan fingerprint density at radius 1 is 1.10 bits per heavy atom. The highest BCUT2D eigenvalue weighted by Gasteiger charge is 2.30. The Bertz CT molecular complexity index is 1490. The van der Waals surface area contributed by atoms with Crippen LogP contribution in [0.25, 0.3) is 11.1 Å². The van der Waals surface area contributed by atoms with E-state index in [0.717, 1.165) is 11.1 Å². The summed E-state index contributed by atoms with van der Waals surface area (Å²) in [6.45, 7) is 1.44. The number of aromatic hydroxyl groups is 1. The summed E-state index contributed by atoms with van der Waals surface area (Å²) in [5, 5.41) is 12.5. The van der Waals surface area contributed by atoms with E-state index in [2.05, 4.69) is 5.32 Å². The number of carbonyl (C=O) groups excluding carboxylic acids is 2. The number of ether oxygens (including phenoxy) is 3. The van der Waals surface area contributed by atoms with Gasteiger partial charge in [0.2, 0.25) is 11.7 Å². The normalized spacial score (nSPS) is 14.7. The van der Waals surface area contributed by atoms with Gasteiger partial charge in [-0.1, -0.05) is 18.2 Å². The number of thioether (sulfide) groups is 1. The molecule has 40 heavy (non-hydrogen) atoms. The Morgan fingerprint density at radius 3 is 2.42 bits per heavy atom. The minimum absolute atomic E-state index is 0.119. The molecular formula is C30H32N2O7S. The third kappa shape index (κ3) is 6.08. The molecule has 0 heterocycles. The smallest absolute Gasteiger partial charge is 0.328 e. The van der Waals surface area contributed by atoms with Crippen LogP contribution in [0.2, 0.25) is 0 Å². The molecule has 1 aliphatic carbocycles. The van der Waals surface area contributed by atoms with Gasteiger partial charge in [0.15, 0.2) is 16.9 Å². The molecule has 0 saturated carbocycles. The van der Waals surface area contributed by atoms with E-state index >= 15 is 0 Å². The average Bonchev–Trinajstić information content (AvgIpc) is 3.17. The van der Waals surface area contributed by atoms with Crippen molar-refractivity contribution >= 4 is 23.6 Å². The standard InChI is InChI=1S/C30H32N2O7S/c1-16(33)32-23-11-7-18-14-25(39-30(36)22(31)13-17-5-8-19(34)9-6-17)28(37-2)29(38-3)27(18)20-10-12-26(40-4)24(35)15-21(20)23/h5-6,8-10,12,14-15,22-23,34H,7,11,13,31H2,1-4H3,(H,32,33)/t22?,23-/m0/s1. The first kappa shape index (κ1) is 29.0. The van der Waals surface area contributed by atoms with E-state index in [1.165, 1.54) is 45.0 Å². The molecule has 0 radical (unpaired) electrons. The molecule has 0 fully saturated rings. The van der Waals surface area contributed by atoms with Crippen LogP contribution in [0.3, 0.4) is 0 Å². The number of nitrogens with two attached hydrogens (primary N) is 1. The van der Waals surface area contributed by atoms with Gasteiger partial charge in [-0.2, -0.15) is 0 Å². The predicted molar refractivity (Wildman–Crippen MR) is 153 cm³/mol. The average molecular weight is 565 g/mol. The van der Waals surface area contributed by atoms with Gasteiger partial charge in [0.25, 0.3) is 0 Å². The van der Waals surface area contributed by atoms with Gasteiger partial charge in [0, 0.05) is 12.5 Å². The predicted octanol–water partition coefficient (Wildman–Crippen LogP) is 3.76. The van der Waals surface area contributed by atoms with Crippen molar-refractivity contribution < 1.29 is 28.9 Å². The lowest BCUT2D eigenvalue weighted by molar-refractivity contribution is -0.136. The number of benzene rings is 2. The molecule has 0 aliphatic heterocycles. The Morgan fingerprint density at radius 2 is 1.80 bits per heavy atom. The van der Waals surface area contributed by atoms with Crippen molar-refractivity contribution in [3.63, 3.8) is 0 Å². The summed E-state index contributed by atoms with van der Waals surface area (Å²) in [5.41, 5.74) is 9.65. The third-order valence-corrected chi connectivity index (χ3v) is 7.56. The van der Waals surface area contributed by atoms with Crippen molar-refractivity contribution in [1.29, 1.82) is 0 Å². The van der Waals surface area contributed by atoms with Crippen LogP contribution in [0.1, 0.15) is 36.1 Å². The number of hydrogen-bond donors (Lipinski definition) is 3. The molecule has 9 nitrogen and oxygen atoms in total. The Kier molecular flexibility index (Phi) is 9.01. The molecule has 1 unspecified atom stereocenters. The zero-order chi connectivity index (χ0) is 29.0. The SMILES string of the molecule is COc1c(OC(=O)C(N)Cc2ccc(O)cc2)cc2c(c1OC)-c1ccc(SC)c(=O)cc1[C@@H](NC(C)=O)CC2. The van der Waals surface area contributed by atoms with Crippen molar-refractivity contribution in [2.24, 2.45) is 5.73 Å².